The first kappa shape index (κ1) is 14.3. The molecule has 4 nitrogen and oxygen atoms in total. The lowest BCUT2D eigenvalue weighted by Gasteiger charge is -2.17. The number of rotatable bonds is 7. The van der Waals surface area contributed by atoms with Gasteiger partial charge in [0, 0.05) is 10.7 Å². The lowest BCUT2D eigenvalue weighted by Crippen LogP contribution is -2.18. The van der Waals surface area contributed by atoms with Gasteiger partial charge in [-0.1, -0.05) is 0 Å². The summed E-state index contributed by atoms with van der Waals surface area (Å²) < 4.78 is 11.7. The van der Waals surface area contributed by atoms with Crippen molar-refractivity contribution in [1.29, 1.82) is 0 Å². The van der Waals surface area contributed by atoms with Crippen LogP contribution >= 0.6 is 15.9 Å². The van der Waals surface area contributed by atoms with E-state index in [1.807, 2.05) is 26.0 Å². The molecule has 2 atom stereocenters. The van der Waals surface area contributed by atoms with Crippen LogP contribution in [-0.2, 0) is 14.3 Å². The fourth-order valence-electron chi connectivity index (χ4n) is 1.31. The van der Waals surface area contributed by atoms with Crippen molar-refractivity contribution in [2.24, 2.45) is 0 Å². The molecule has 1 aromatic rings. The summed E-state index contributed by atoms with van der Waals surface area (Å²) in [5.41, 5.74) is 0.857. The van der Waals surface area contributed by atoms with Crippen LogP contribution in [0.15, 0.2) is 22.8 Å². The molecule has 1 aromatic heterocycles. The molecule has 1 rings (SSSR count). The normalized spacial score (nSPS) is 14.3. The van der Waals surface area contributed by atoms with Crippen LogP contribution in [0, 0.1) is 0 Å². The minimum Gasteiger partial charge on any atom is -0.369 e. The van der Waals surface area contributed by atoms with Crippen LogP contribution in [0.5, 0.6) is 0 Å². The van der Waals surface area contributed by atoms with Gasteiger partial charge in [-0.25, -0.2) is 0 Å². The summed E-state index contributed by atoms with van der Waals surface area (Å²) in [4.78, 5) is 14.4. The highest BCUT2D eigenvalue weighted by molar-refractivity contribution is 9.10. The van der Waals surface area contributed by atoms with Crippen molar-refractivity contribution >= 4 is 22.2 Å². The minimum atomic E-state index is -0.118. The van der Waals surface area contributed by atoms with E-state index in [9.17, 15) is 4.79 Å². The third kappa shape index (κ3) is 4.93. The maximum atomic E-state index is 10.1. The number of nitrogens with zero attached hydrogens (tertiary/aromatic N) is 1. The molecule has 94 valence electrons. The second-order valence-corrected chi connectivity index (χ2v) is 4.51. The smallest absolute Gasteiger partial charge is 0.145 e. The number of hydrogen-bond acceptors (Lipinski definition) is 4. The SMILES string of the molecule is C[C@H](OC[C@H](C)OCC=O)c1ncccc1Br. The van der Waals surface area contributed by atoms with Gasteiger partial charge in [0.2, 0.25) is 0 Å². The number of halogens is 1. The van der Waals surface area contributed by atoms with E-state index < -0.39 is 0 Å². The van der Waals surface area contributed by atoms with Gasteiger partial charge >= 0.3 is 0 Å². The Morgan fingerprint density at radius 1 is 1.47 bits per heavy atom. The summed E-state index contributed by atoms with van der Waals surface area (Å²) >= 11 is 3.43. The van der Waals surface area contributed by atoms with Crippen LogP contribution in [0.4, 0.5) is 0 Å². The Bertz CT molecular complexity index is 359. The average molecular weight is 302 g/mol. The highest BCUT2D eigenvalue weighted by Crippen LogP contribution is 2.23. The molecule has 0 aliphatic carbocycles. The number of aldehydes is 1. The molecule has 17 heavy (non-hydrogen) atoms. The van der Waals surface area contributed by atoms with Crippen molar-refractivity contribution in [1.82, 2.24) is 4.98 Å². The largest absolute Gasteiger partial charge is 0.369 e. The van der Waals surface area contributed by atoms with Crippen LogP contribution in [0.25, 0.3) is 0 Å². The van der Waals surface area contributed by atoms with Crippen molar-refractivity contribution in [3.63, 3.8) is 0 Å². The molecular formula is C12H16BrNO3. The highest BCUT2D eigenvalue weighted by Gasteiger charge is 2.12. The molecule has 0 saturated carbocycles. The van der Waals surface area contributed by atoms with Gasteiger partial charge in [-0.3, -0.25) is 4.98 Å². The molecule has 0 amide bonds. The first-order chi connectivity index (χ1) is 8.15. The Kier molecular flexibility index (Phi) is 6.32. The summed E-state index contributed by atoms with van der Waals surface area (Å²) in [6.45, 7) is 4.33. The predicted molar refractivity (Wildman–Crippen MR) is 67.8 cm³/mol. The molecule has 0 bridgehead atoms. The summed E-state index contributed by atoms with van der Waals surface area (Å²) in [6.07, 6.45) is 2.24. The number of carbonyl (C=O) groups is 1. The molecule has 0 radical (unpaired) electrons. The maximum absolute atomic E-state index is 10.1. The third-order valence-corrected chi connectivity index (χ3v) is 2.87. The molecule has 0 aliphatic heterocycles. The molecule has 0 aliphatic rings. The van der Waals surface area contributed by atoms with E-state index in [1.54, 1.807) is 6.20 Å². The Balaban J connectivity index is 2.42. The van der Waals surface area contributed by atoms with Crippen LogP contribution in [0.2, 0.25) is 0 Å². The van der Waals surface area contributed by atoms with Gasteiger partial charge in [-0.2, -0.15) is 0 Å². The lowest BCUT2D eigenvalue weighted by atomic mass is 10.2. The molecule has 0 fully saturated rings. The zero-order valence-corrected chi connectivity index (χ0v) is 11.5. The van der Waals surface area contributed by atoms with Gasteiger partial charge in [0.25, 0.3) is 0 Å². The van der Waals surface area contributed by atoms with Crippen LogP contribution in [-0.4, -0.2) is 30.6 Å². The van der Waals surface area contributed by atoms with Gasteiger partial charge in [0.05, 0.1) is 24.5 Å². The van der Waals surface area contributed by atoms with E-state index >= 15 is 0 Å². The molecule has 5 heteroatoms. The standard InChI is InChI=1S/C12H16BrNO3/c1-9(16-7-6-15)8-17-10(2)12-11(13)4-3-5-14-12/h3-6,9-10H,7-8H2,1-2H3/t9-,10-/m0/s1. The van der Waals surface area contributed by atoms with Crippen molar-refractivity contribution in [3.05, 3.63) is 28.5 Å². The van der Waals surface area contributed by atoms with E-state index in [0.717, 1.165) is 16.5 Å². The monoisotopic (exact) mass is 301 g/mol. The lowest BCUT2D eigenvalue weighted by molar-refractivity contribution is -0.115. The third-order valence-electron chi connectivity index (χ3n) is 2.20. The molecule has 0 spiro atoms. The number of pyridine rings is 1. The minimum absolute atomic E-state index is 0.103. The maximum Gasteiger partial charge on any atom is 0.145 e. The molecule has 0 unspecified atom stereocenters. The van der Waals surface area contributed by atoms with E-state index in [2.05, 4.69) is 20.9 Å². The summed E-state index contributed by atoms with van der Waals surface area (Å²) in [5, 5.41) is 0. The van der Waals surface area contributed by atoms with Crippen LogP contribution in [0.3, 0.4) is 0 Å². The Labute approximate surface area is 109 Å². The van der Waals surface area contributed by atoms with Crippen LogP contribution < -0.4 is 0 Å². The molecule has 0 saturated heterocycles. The predicted octanol–water partition coefficient (Wildman–Crippen LogP) is 2.53. The van der Waals surface area contributed by atoms with E-state index in [-0.39, 0.29) is 18.8 Å². The first-order valence-electron chi connectivity index (χ1n) is 5.42. The topological polar surface area (TPSA) is 48.4 Å². The molecule has 0 N–H and O–H groups in total. The van der Waals surface area contributed by atoms with Crippen molar-refractivity contribution in [2.45, 2.75) is 26.1 Å². The average Bonchev–Trinajstić information content (AvgIpc) is 2.34. The zero-order valence-electron chi connectivity index (χ0n) is 9.93. The van der Waals surface area contributed by atoms with Crippen LogP contribution in [0.1, 0.15) is 25.6 Å². The van der Waals surface area contributed by atoms with E-state index in [0.29, 0.717) is 6.61 Å². The quantitative estimate of drug-likeness (QED) is 0.726. The summed E-state index contributed by atoms with van der Waals surface area (Å²) in [6, 6.07) is 3.78. The zero-order chi connectivity index (χ0) is 12.7. The second kappa shape index (κ2) is 7.53. The fraction of sp³-hybridized carbons (Fsp3) is 0.500. The Morgan fingerprint density at radius 3 is 2.88 bits per heavy atom. The van der Waals surface area contributed by atoms with Gasteiger partial charge in [0.1, 0.15) is 12.9 Å². The molecule has 1 heterocycles. The summed E-state index contributed by atoms with van der Waals surface area (Å²) in [7, 11) is 0. The van der Waals surface area contributed by atoms with Gasteiger partial charge in [-0.15, -0.1) is 0 Å². The summed E-state index contributed by atoms with van der Waals surface area (Å²) in [5.74, 6) is 0. The molecular weight excluding hydrogens is 286 g/mol. The van der Waals surface area contributed by atoms with Gasteiger partial charge in [0.15, 0.2) is 0 Å². The first-order valence-corrected chi connectivity index (χ1v) is 6.21. The van der Waals surface area contributed by atoms with E-state index in [4.69, 9.17) is 9.47 Å². The fourth-order valence-corrected chi connectivity index (χ4v) is 1.88. The number of hydrogen-bond donors (Lipinski definition) is 0. The van der Waals surface area contributed by atoms with Gasteiger partial charge in [-0.05, 0) is 41.9 Å². The second-order valence-electron chi connectivity index (χ2n) is 3.66. The van der Waals surface area contributed by atoms with Gasteiger partial charge < -0.3 is 14.3 Å². The number of aromatic nitrogens is 1. The highest BCUT2D eigenvalue weighted by atomic mass is 79.9. The van der Waals surface area contributed by atoms with Crippen molar-refractivity contribution < 1.29 is 14.3 Å². The Morgan fingerprint density at radius 2 is 2.24 bits per heavy atom. The number of ether oxygens (including phenoxy) is 2. The van der Waals surface area contributed by atoms with Crippen molar-refractivity contribution in [2.75, 3.05) is 13.2 Å². The molecule has 0 aromatic carbocycles. The van der Waals surface area contributed by atoms with Crippen molar-refractivity contribution in [3.8, 4) is 0 Å². The van der Waals surface area contributed by atoms with E-state index in [1.165, 1.54) is 0 Å². The Hall–Kier alpha value is -0.780. The number of carbonyl (C=O) groups excluding carboxylic acids is 1.